The molecule has 1 saturated heterocycles. The summed E-state index contributed by atoms with van der Waals surface area (Å²) < 4.78 is 0. The minimum Gasteiger partial charge on any atom is -0.366 e. The number of nitrogens with zero attached hydrogens (tertiary/aromatic N) is 3. The molecule has 2 aliphatic rings. The molecule has 0 spiro atoms. The van der Waals surface area contributed by atoms with Crippen LogP contribution < -0.4 is 10.2 Å². The number of aromatic nitrogens is 1. The molecule has 0 radical (unpaired) electrons. The smallest absolute Gasteiger partial charge is 0.169 e. The summed E-state index contributed by atoms with van der Waals surface area (Å²) in [7, 11) is 4.22. The van der Waals surface area contributed by atoms with E-state index in [0.717, 1.165) is 10.8 Å². The van der Waals surface area contributed by atoms with Crippen LogP contribution in [0.15, 0.2) is 48.7 Å². The van der Waals surface area contributed by atoms with Gasteiger partial charge in [0.2, 0.25) is 0 Å². The van der Waals surface area contributed by atoms with Crippen molar-refractivity contribution in [1.29, 1.82) is 0 Å². The minimum atomic E-state index is 0.0162. The fourth-order valence-corrected chi connectivity index (χ4v) is 4.48. The van der Waals surface area contributed by atoms with Crippen LogP contribution >= 0.6 is 12.2 Å². The van der Waals surface area contributed by atoms with Gasteiger partial charge in [-0.15, -0.1) is 0 Å². The van der Waals surface area contributed by atoms with Gasteiger partial charge in [-0.2, -0.15) is 0 Å². The molecule has 4 nitrogen and oxygen atoms in total. The predicted octanol–water partition coefficient (Wildman–Crippen LogP) is 4.32. The lowest BCUT2D eigenvalue weighted by Gasteiger charge is -2.41. The van der Waals surface area contributed by atoms with Crippen LogP contribution in [-0.4, -0.2) is 34.6 Å². The molecule has 1 N–H and O–H groups in total. The van der Waals surface area contributed by atoms with Crippen molar-refractivity contribution in [3.8, 4) is 0 Å². The summed E-state index contributed by atoms with van der Waals surface area (Å²) in [6.07, 6.45) is 4.18. The van der Waals surface area contributed by atoms with Gasteiger partial charge in [-0.05, 0) is 68.4 Å². The van der Waals surface area contributed by atoms with Gasteiger partial charge in [0.05, 0.1) is 23.3 Å². The van der Waals surface area contributed by atoms with E-state index in [1.165, 1.54) is 22.4 Å². The topological polar surface area (TPSA) is 31.4 Å². The van der Waals surface area contributed by atoms with Gasteiger partial charge in [0.25, 0.3) is 0 Å². The summed E-state index contributed by atoms with van der Waals surface area (Å²) in [6, 6.07) is 13.0. The Balaban J connectivity index is 1.79. The molecule has 5 heteroatoms. The van der Waals surface area contributed by atoms with Crippen molar-refractivity contribution < 1.29 is 0 Å². The zero-order chi connectivity index (χ0) is 19.3. The van der Waals surface area contributed by atoms with Crippen molar-refractivity contribution in [3.63, 3.8) is 0 Å². The monoisotopic (exact) mass is 378 g/mol. The first kappa shape index (κ1) is 18.0. The summed E-state index contributed by atoms with van der Waals surface area (Å²) in [5.74, 6) is 0. The highest BCUT2D eigenvalue weighted by atomic mass is 32.1. The number of benzene rings is 1. The summed E-state index contributed by atoms with van der Waals surface area (Å²) >= 11 is 5.56. The SMILES string of the molecule is CC1=CC(C)(C)N(C)c2ccc([C@@H]3[C@H](c4ccccn4)NC(=S)N3C)cc21. The highest BCUT2D eigenvalue weighted by Crippen LogP contribution is 2.42. The molecule has 0 saturated carbocycles. The molecular weight excluding hydrogens is 352 g/mol. The number of rotatable bonds is 2. The van der Waals surface area contributed by atoms with Gasteiger partial charge < -0.3 is 15.1 Å². The third-order valence-corrected chi connectivity index (χ3v) is 6.33. The van der Waals surface area contributed by atoms with E-state index in [-0.39, 0.29) is 17.6 Å². The molecule has 4 rings (SSSR count). The molecule has 2 atom stereocenters. The second kappa shape index (κ2) is 6.34. The molecule has 0 amide bonds. The van der Waals surface area contributed by atoms with Crippen molar-refractivity contribution >= 4 is 28.6 Å². The largest absolute Gasteiger partial charge is 0.366 e. The van der Waals surface area contributed by atoms with Crippen molar-refractivity contribution in [1.82, 2.24) is 15.2 Å². The standard InChI is InChI=1S/C22H26N4S/c1-14-13-22(2,3)26(5)18-10-9-15(12-16(14)18)20-19(24-21(27)25(20)4)17-8-6-7-11-23-17/h6-13,19-20H,1-5H3,(H,24,27)/t19-,20+/m0/s1. The number of nitrogens with one attached hydrogen (secondary N) is 1. The summed E-state index contributed by atoms with van der Waals surface area (Å²) in [5, 5.41) is 4.21. The van der Waals surface area contributed by atoms with Gasteiger partial charge in [0.1, 0.15) is 0 Å². The van der Waals surface area contributed by atoms with Crippen LogP contribution in [0.3, 0.4) is 0 Å². The number of hydrogen-bond donors (Lipinski definition) is 1. The second-order valence-electron chi connectivity index (χ2n) is 8.05. The first-order valence-electron chi connectivity index (χ1n) is 9.31. The highest BCUT2D eigenvalue weighted by molar-refractivity contribution is 7.80. The molecule has 2 aliphatic heterocycles. The van der Waals surface area contributed by atoms with Crippen LogP contribution in [0, 0.1) is 0 Å². The van der Waals surface area contributed by atoms with E-state index in [2.05, 4.69) is 85.3 Å². The number of allylic oxidation sites excluding steroid dienone is 1. The molecule has 2 aromatic rings. The van der Waals surface area contributed by atoms with Crippen LogP contribution in [0.25, 0.3) is 5.57 Å². The van der Waals surface area contributed by atoms with E-state index in [4.69, 9.17) is 12.2 Å². The lowest BCUT2D eigenvalue weighted by molar-refractivity contribution is 0.368. The lowest BCUT2D eigenvalue weighted by atomic mass is 9.86. The minimum absolute atomic E-state index is 0.0162. The predicted molar refractivity (Wildman–Crippen MR) is 116 cm³/mol. The van der Waals surface area contributed by atoms with Gasteiger partial charge in [-0.1, -0.05) is 18.2 Å². The number of likely N-dealkylation sites (N-methyl/N-ethyl adjacent to an activating group) is 2. The Labute approximate surface area is 166 Å². The van der Waals surface area contributed by atoms with Crippen molar-refractivity contribution in [2.75, 3.05) is 19.0 Å². The molecule has 0 aliphatic carbocycles. The third-order valence-electron chi connectivity index (χ3n) is 5.92. The first-order chi connectivity index (χ1) is 12.8. The van der Waals surface area contributed by atoms with E-state index in [9.17, 15) is 0 Å². The maximum Gasteiger partial charge on any atom is 0.169 e. The van der Waals surface area contributed by atoms with Crippen LogP contribution in [0.2, 0.25) is 0 Å². The van der Waals surface area contributed by atoms with E-state index in [1.54, 1.807) is 0 Å². The van der Waals surface area contributed by atoms with Gasteiger partial charge >= 0.3 is 0 Å². The normalized spacial score (nSPS) is 23.7. The van der Waals surface area contributed by atoms with Crippen LogP contribution in [0.5, 0.6) is 0 Å². The summed E-state index contributed by atoms with van der Waals surface area (Å²) in [6.45, 7) is 6.70. The first-order valence-corrected chi connectivity index (χ1v) is 9.72. The van der Waals surface area contributed by atoms with E-state index in [1.807, 2.05) is 18.3 Å². The molecule has 3 heterocycles. The molecule has 1 aromatic carbocycles. The van der Waals surface area contributed by atoms with Crippen molar-refractivity contribution in [2.24, 2.45) is 0 Å². The van der Waals surface area contributed by atoms with Gasteiger partial charge in [-0.3, -0.25) is 4.98 Å². The van der Waals surface area contributed by atoms with Crippen LogP contribution in [0.4, 0.5) is 5.69 Å². The highest BCUT2D eigenvalue weighted by Gasteiger charge is 2.38. The number of hydrogen-bond acceptors (Lipinski definition) is 3. The third kappa shape index (κ3) is 2.90. The molecule has 140 valence electrons. The average molecular weight is 379 g/mol. The average Bonchev–Trinajstić information content (AvgIpc) is 2.95. The second-order valence-corrected chi connectivity index (χ2v) is 8.44. The van der Waals surface area contributed by atoms with Gasteiger partial charge in [-0.25, -0.2) is 0 Å². The van der Waals surface area contributed by atoms with Crippen molar-refractivity contribution in [2.45, 2.75) is 38.4 Å². The number of pyridine rings is 1. The molecule has 1 fully saturated rings. The Morgan fingerprint density at radius 1 is 1.15 bits per heavy atom. The molecule has 27 heavy (non-hydrogen) atoms. The van der Waals surface area contributed by atoms with Crippen LogP contribution in [-0.2, 0) is 0 Å². The summed E-state index contributed by atoms with van der Waals surface area (Å²) in [4.78, 5) is 9.06. The zero-order valence-corrected chi connectivity index (χ0v) is 17.3. The number of anilines is 1. The number of fused-ring (bicyclic) bond motifs is 1. The Bertz CT molecular complexity index is 919. The lowest BCUT2D eigenvalue weighted by Crippen LogP contribution is -2.42. The Morgan fingerprint density at radius 3 is 2.63 bits per heavy atom. The van der Waals surface area contributed by atoms with Crippen LogP contribution in [0.1, 0.15) is 49.7 Å². The molecular formula is C22H26N4S. The fourth-order valence-electron chi connectivity index (χ4n) is 4.24. The number of thiocarbonyl (C=S) groups is 1. The Hall–Kier alpha value is -2.40. The van der Waals surface area contributed by atoms with Crippen molar-refractivity contribution in [3.05, 3.63) is 65.5 Å². The quantitative estimate of drug-likeness (QED) is 0.787. The fraction of sp³-hybridized carbons (Fsp3) is 0.364. The Kier molecular flexibility index (Phi) is 4.22. The Morgan fingerprint density at radius 2 is 1.93 bits per heavy atom. The van der Waals surface area contributed by atoms with E-state index in [0.29, 0.717) is 0 Å². The van der Waals surface area contributed by atoms with E-state index < -0.39 is 0 Å². The molecule has 0 unspecified atom stereocenters. The molecule has 0 bridgehead atoms. The van der Waals surface area contributed by atoms with Gasteiger partial charge in [0, 0.05) is 31.5 Å². The maximum atomic E-state index is 5.56. The van der Waals surface area contributed by atoms with E-state index >= 15 is 0 Å². The summed E-state index contributed by atoms with van der Waals surface area (Å²) in [5.41, 5.74) is 6.16. The molecule has 1 aromatic heterocycles. The maximum absolute atomic E-state index is 5.56. The van der Waals surface area contributed by atoms with Gasteiger partial charge in [0.15, 0.2) is 5.11 Å². The zero-order valence-electron chi connectivity index (χ0n) is 16.5.